The summed E-state index contributed by atoms with van der Waals surface area (Å²) in [5, 5.41) is 0. The van der Waals surface area contributed by atoms with Gasteiger partial charge in [-0.1, -0.05) is 6.07 Å². The Morgan fingerprint density at radius 3 is 3.15 bits per heavy atom. The largest absolute Gasteiger partial charge is 0.320 e. The minimum Gasteiger partial charge on any atom is -0.320 e. The highest BCUT2D eigenvalue weighted by Gasteiger charge is 2.13. The summed E-state index contributed by atoms with van der Waals surface area (Å²) in [7, 11) is 0. The molecule has 2 aromatic heterocycles. The van der Waals surface area contributed by atoms with Gasteiger partial charge in [-0.05, 0) is 43.4 Å². The lowest BCUT2D eigenvalue weighted by atomic mass is 9.98. The normalized spacial score (nSPS) is 16.0. The summed E-state index contributed by atoms with van der Waals surface area (Å²) in [5.74, 6) is 0. The Morgan fingerprint density at radius 2 is 2.15 bits per heavy atom. The zero-order valence-electron chi connectivity index (χ0n) is 7.59. The van der Waals surface area contributed by atoms with E-state index in [0.717, 1.165) is 0 Å². The van der Waals surface area contributed by atoms with Crippen molar-refractivity contribution in [3.05, 3.63) is 41.7 Å². The van der Waals surface area contributed by atoms with Crippen LogP contribution in [-0.2, 0) is 12.8 Å². The Bertz CT molecular complexity index is 439. The van der Waals surface area contributed by atoms with Gasteiger partial charge in [0, 0.05) is 18.0 Å². The molecule has 0 atom stereocenters. The third-order valence-electron chi connectivity index (χ3n) is 2.90. The summed E-state index contributed by atoms with van der Waals surface area (Å²) in [4.78, 5) is 0. The summed E-state index contributed by atoms with van der Waals surface area (Å²) >= 11 is 0. The van der Waals surface area contributed by atoms with Gasteiger partial charge in [-0.3, -0.25) is 0 Å². The van der Waals surface area contributed by atoms with Crippen LogP contribution in [0, 0.1) is 6.07 Å². The van der Waals surface area contributed by atoms with Gasteiger partial charge < -0.3 is 4.40 Å². The standard InChI is InChI=1S/C12H12N/c1-2-7-12-10(5-1)9-11-6-3-4-8-13(11)12/h3-4,8-9H,1-2,5,7H2. The lowest BCUT2D eigenvalue weighted by Gasteiger charge is -2.11. The highest BCUT2D eigenvalue weighted by Crippen LogP contribution is 2.24. The summed E-state index contributed by atoms with van der Waals surface area (Å²) < 4.78 is 2.29. The highest BCUT2D eigenvalue weighted by atomic mass is 14.9. The van der Waals surface area contributed by atoms with Crippen molar-refractivity contribution >= 4 is 5.52 Å². The number of rotatable bonds is 0. The molecule has 0 aromatic carbocycles. The van der Waals surface area contributed by atoms with Crippen molar-refractivity contribution < 1.29 is 0 Å². The summed E-state index contributed by atoms with van der Waals surface area (Å²) in [6, 6.07) is 9.60. The molecular formula is C12H12N. The van der Waals surface area contributed by atoms with E-state index >= 15 is 0 Å². The van der Waals surface area contributed by atoms with Crippen LogP contribution in [0.5, 0.6) is 0 Å². The molecule has 1 radical (unpaired) electrons. The van der Waals surface area contributed by atoms with Gasteiger partial charge in [0.1, 0.15) is 0 Å². The Morgan fingerprint density at radius 1 is 1.23 bits per heavy atom. The molecule has 2 aromatic rings. The van der Waals surface area contributed by atoms with Crippen molar-refractivity contribution in [3.8, 4) is 0 Å². The minimum absolute atomic E-state index is 1.23. The summed E-state index contributed by atoms with van der Waals surface area (Å²) in [6.07, 6.45) is 7.33. The van der Waals surface area contributed by atoms with Crippen molar-refractivity contribution in [1.29, 1.82) is 0 Å². The maximum Gasteiger partial charge on any atom is 0.0534 e. The summed E-state index contributed by atoms with van der Waals surface area (Å²) in [5.41, 5.74) is 4.28. The third kappa shape index (κ3) is 0.998. The molecule has 0 unspecified atom stereocenters. The van der Waals surface area contributed by atoms with Gasteiger partial charge in [-0.15, -0.1) is 0 Å². The zero-order chi connectivity index (χ0) is 8.67. The molecule has 0 fully saturated rings. The number of nitrogens with zero attached hydrogens (tertiary/aromatic N) is 1. The molecule has 0 saturated heterocycles. The lowest BCUT2D eigenvalue weighted by Crippen LogP contribution is -2.02. The topological polar surface area (TPSA) is 4.41 Å². The van der Waals surface area contributed by atoms with Crippen molar-refractivity contribution in [2.24, 2.45) is 0 Å². The molecule has 3 rings (SSSR count). The van der Waals surface area contributed by atoms with Gasteiger partial charge in [-0.25, -0.2) is 0 Å². The average Bonchev–Trinajstić information content (AvgIpc) is 2.56. The first-order chi connectivity index (χ1) is 6.45. The lowest BCUT2D eigenvalue weighted by molar-refractivity contribution is 0.669. The molecule has 0 amide bonds. The SMILES string of the molecule is [c]1cccn2c3c(cc12)CCCC3. The van der Waals surface area contributed by atoms with Crippen LogP contribution in [0.3, 0.4) is 0 Å². The molecule has 65 valence electrons. The van der Waals surface area contributed by atoms with Crippen LogP contribution >= 0.6 is 0 Å². The van der Waals surface area contributed by atoms with Crippen LogP contribution in [-0.4, -0.2) is 4.40 Å². The maximum absolute atomic E-state index is 3.27. The molecule has 0 spiro atoms. The second-order valence-corrected chi connectivity index (χ2v) is 3.73. The van der Waals surface area contributed by atoms with Crippen LogP contribution in [0.2, 0.25) is 0 Å². The molecule has 0 bridgehead atoms. The van der Waals surface area contributed by atoms with E-state index < -0.39 is 0 Å². The average molecular weight is 170 g/mol. The molecule has 1 heteroatoms. The predicted molar refractivity (Wildman–Crippen MR) is 52.9 cm³/mol. The molecule has 0 saturated carbocycles. The molecular weight excluding hydrogens is 158 g/mol. The Kier molecular flexibility index (Phi) is 1.45. The fourth-order valence-corrected chi connectivity index (χ4v) is 2.27. The number of pyridine rings is 1. The van der Waals surface area contributed by atoms with Crippen LogP contribution < -0.4 is 0 Å². The van der Waals surface area contributed by atoms with Crippen LogP contribution in [0.4, 0.5) is 0 Å². The van der Waals surface area contributed by atoms with Crippen molar-refractivity contribution in [2.75, 3.05) is 0 Å². The van der Waals surface area contributed by atoms with E-state index in [-0.39, 0.29) is 0 Å². The van der Waals surface area contributed by atoms with Gasteiger partial charge in [-0.2, -0.15) is 0 Å². The number of hydrogen-bond acceptors (Lipinski definition) is 0. The molecule has 1 nitrogen and oxygen atoms in total. The van der Waals surface area contributed by atoms with E-state index in [2.05, 4.69) is 28.8 Å². The molecule has 13 heavy (non-hydrogen) atoms. The molecule has 0 N–H and O–H groups in total. The first kappa shape index (κ1) is 7.19. The maximum atomic E-state index is 3.27. The number of hydrogen-bond donors (Lipinski definition) is 0. The number of fused-ring (bicyclic) bond motifs is 3. The van der Waals surface area contributed by atoms with E-state index in [1.165, 1.54) is 42.5 Å². The predicted octanol–water partition coefficient (Wildman–Crippen LogP) is 2.62. The first-order valence-corrected chi connectivity index (χ1v) is 4.95. The van der Waals surface area contributed by atoms with Crippen molar-refractivity contribution in [2.45, 2.75) is 25.7 Å². The van der Waals surface area contributed by atoms with E-state index in [1.54, 1.807) is 0 Å². The summed E-state index contributed by atoms with van der Waals surface area (Å²) in [6.45, 7) is 0. The number of aromatic nitrogens is 1. The smallest absolute Gasteiger partial charge is 0.0534 e. The van der Waals surface area contributed by atoms with Gasteiger partial charge >= 0.3 is 0 Å². The van der Waals surface area contributed by atoms with E-state index in [4.69, 9.17) is 0 Å². The molecule has 0 aliphatic heterocycles. The monoisotopic (exact) mass is 170 g/mol. The fourth-order valence-electron chi connectivity index (χ4n) is 2.27. The molecule has 1 aliphatic carbocycles. The van der Waals surface area contributed by atoms with Crippen LogP contribution in [0.15, 0.2) is 24.4 Å². The zero-order valence-corrected chi connectivity index (χ0v) is 7.59. The van der Waals surface area contributed by atoms with Crippen LogP contribution in [0.25, 0.3) is 5.52 Å². The second kappa shape index (κ2) is 2.63. The van der Waals surface area contributed by atoms with Crippen molar-refractivity contribution in [1.82, 2.24) is 4.40 Å². The first-order valence-electron chi connectivity index (χ1n) is 4.95. The molecule has 1 aliphatic rings. The quantitative estimate of drug-likeness (QED) is 0.572. The Hall–Kier alpha value is -1.24. The van der Waals surface area contributed by atoms with Crippen molar-refractivity contribution in [3.63, 3.8) is 0 Å². The number of aryl methyl sites for hydroxylation is 2. The Balaban J connectivity index is 2.34. The van der Waals surface area contributed by atoms with E-state index in [1.807, 2.05) is 6.07 Å². The molecule has 2 heterocycles. The highest BCUT2D eigenvalue weighted by molar-refractivity contribution is 5.53. The van der Waals surface area contributed by atoms with Gasteiger partial charge in [0.05, 0.1) is 5.52 Å². The van der Waals surface area contributed by atoms with E-state index in [9.17, 15) is 0 Å². The Labute approximate surface area is 78.0 Å². The minimum atomic E-state index is 1.23. The van der Waals surface area contributed by atoms with E-state index in [0.29, 0.717) is 0 Å². The third-order valence-corrected chi connectivity index (χ3v) is 2.90. The van der Waals surface area contributed by atoms with Gasteiger partial charge in [0.15, 0.2) is 0 Å². The second-order valence-electron chi connectivity index (χ2n) is 3.73. The van der Waals surface area contributed by atoms with Gasteiger partial charge in [0.25, 0.3) is 0 Å². The fraction of sp³-hybridized carbons (Fsp3) is 0.333. The van der Waals surface area contributed by atoms with Crippen LogP contribution in [0.1, 0.15) is 24.1 Å². The van der Waals surface area contributed by atoms with Gasteiger partial charge in [0.2, 0.25) is 0 Å².